The number of likely N-dealkylation sites (tertiary alicyclic amines) is 1. The van der Waals surface area contributed by atoms with E-state index in [-0.39, 0.29) is 11.6 Å². The first-order valence-corrected chi connectivity index (χ1v) is 8.21. The number of piperidine rings is 1. The van der Waals surface area contributed by atoms with Gasteiger partial charge in [-0.15, -0.1) is 0 Å². The third kappa shape index (κ3) is 3.19. The smallest absolute Gasteiger partial charge is 0.269 e. The van der Waals surface area contributed by atoms with Crippen LogP contribution in [-0.4, -0.2) is 40.0 Å². The number of nitrogens with zero attached hydrogens (tertiary/aromatic N) is 2. The zero-order valence-corrected chi connectivity index (χ0v) is 12.9. The maximum absolute atomic E-state index is 12.3. The molecule has 1 saturated heterocycles. The van der Waals surface area contributed by atoms with E-state index in [2.05, 4.69) is 10.2 Å². The average molecular weight is 318 g/mol. The molecule has 1 fully saturated rings. The average Bonchev–Trinajstić information content (AvgIpc) is 3.18. The lowest BCUT2D eigenvalue weighted by atomic mass is 9.93. The van der Waals surface area contributed by atoms with Crippen LogP contribution >= 0.6 is 11.3 Å². The topological polar surface area (TPSA) is 92.1 Å². The summed E-state index contributed by atoms with van der Waals surface area (Å²) in [6.45, 7) is 1.47. The molecule has 0 aromatic carbocycles. The first kappa shape index (κ1) is 14.8. The van der Waals surface area contributed by atoms with Crippen molar-refractivity contribution in [2.75, 3.05) is 13.1 Å². The molecule has 116 valence electrons. The fourth-order valence-corrected chi connectivity index (χ4v) is 3.46. The number of hydrogen-bond donors (Lipinski definition) is 2. The van der Waals surface area contributed by atoms with E-state index in [1.165, 1.54) is 0 Å². The number of nitrogens with one attached hydrogen (secondary N) is 1. The van der Waals surface area contributed by atoms with E-state index in [1.807, 2.05) is 21.7 Å². The molecule has 2 amide bonds. The molecule has 0 atom stereocenters. The van der Waals surface area contributed by atoms with Gasteiger partial charge in [-0.2, -0.15) is 16.4 Å². The normalized spacial score (nSPS) is 15.9. The molecule has 0 unspecified atom stereocenters. The van der Waals surface area contributed by atoms with Gasteiger partial charge in [0.25, 0.3) is 5.91 Å². The molecule has 1 aliphatic rings. The van der Waals surface area contributed by atoms with Crippen molar-refractivity contribution in [3.05, 3.63) is 39.8 Å². The summed E-state index contributed by atoms with van der Waals surface area (Å²) in [6, 6.07) is 3.71. The second-order valence-corrected chi connectivity index (χ2v) is 6.32. The van der Waals surface area contributed by atoms with Crippen LogP contribution < -0.4 is 5.73 Å². The zero-order chi connectivity index (χ0) is 15.5. The van der Waals surface area contributed by atoms with Crippen LogP contribution in [0.3, 0.4) is 0 Å². The molecule has 0 spiro atoms. The molecule has 22 heavy (non-hydrogen) atoms. The number of hydrogen-bond acceptors (Lipinski definition) is 4. The molecule has 2 aromatic rings. The number of rotatable bonds is 4. The molecule has 3 N–H and O–H groups in total. The van der Waals surface area contributed by atoms with Gasteiger partial charge in [0.1, 0.15) is 5.69 Å². The molecule has 0 aliphatic carbocycles. The van der Waals surface area contributed by atoms with Crippen molar-refractivity contribution in [1.82, 2.24) is 15.1 Å². The highest BCUT2D eigenvalue weighted by atomic mass is 32.1. The maximum atomic E-state index is 12.3. The summed E-state index contributed by atoms with van der Waals surface area (Å²) in [4.78, 5) is 25.2. The van der Waals surface area contributed by atoms with Gasteiger partial charge in [0.2, 0.25) is 5.91 Å². The summed E-state index contributed by atoms with van der Waals surface area (Å²) in [5.41, 5.74) is 7.49. The predicted molar refractivity (Wildman–Crippen MR) is 83.7 cm³/mol. The van der Waals surface area contributed by atoms with Crippen LogP contribution in [-0.2, 0) is 11.2 Å². The first-order chi connectivity index (χ1) is 10.6. The first-order valence-electron chi connectivity index (χ1n) is 7.27. The fraction of sp³-hybridized carbons (Fsp3) is 0.400. The highest BCUT2D eigenvalue weighted by Crippen LogP contribution is 2.27. The van der Waals surface area contributed by atoms with Gasteiger partial charge in [0, 0.05) is 24.7 Å². The van der Waals surface area contributed by atoms with E-state index < -0.39 is 5.91 Å². The van der Waals surface area contributed by atoms with E-state index in [0.29, 0.717) is 12.3 Å². The number of aromatic nitrogens is 2. The van der Waals surface area contributed by atoms with E-state index in [4.69, 9.17) is 5.73 Å². The molecule has 0 saturated carbocycles. The second kappa shape index (κ2) is 6.31. The van der Waals surface area contributed by atoms with E-state index in [9.17, 15) is 9.59 Å². The zero-order valence-electron chi connectivity index (χ0n) is 12.1. The Morgan fingerprint density at radius 2 is 2.18 bits per heavy atom. The van der Waals surface area contributed by atoms with Gasteiger partial charge in [0.15, 0.2) is 0 Å². The third-order valence-electron chi connectivity index (χ3n) is 4.07. The van der Waals surface area contributed by atoms with Crippen LogP contribution in [0.2, 0.25) is 0 Å². The van der Waals surface area contributed by atoms with Crippen molar-refractivity contribution < 1.29 is 9.59 Å². The van der Waals surface area contributed by atoms with Gasteiger partial charge in [0.05, 0.1) is 6.42 Å². The summed E-state index contributed by atoms with van der Waals surface area (Å²) >= 11 is 1.61. The lowest BCUT2D eigenvalue weighted by molar-refractivity contribution is -0.131. The Bertz CT molecular complexity index is 657. The molecule has 1 aliphatic heterocycles. The Morgan fingerprint density at radius 1 is 1.41 bits per heavy atom. The molecule has 2 aromatic heterocycles. The van der Waals surface area contributed by atoms with Crippen molar-refractivity contribution in [2.45, 2.75) is 25.2 Å². The van der Waals surface area contributed by atoms with Crippen LogP contribution in [0.4, 0.5) is 0 Å². The quantitative estimate of drug-likeness (QED) is 0.895. The molecular formula is C15H18N4O2S. The van der Waals surface area contributed by atoms with Crippen molar-refractivity contribution >= 4 is 23.2 Å². The van der Waals surface area contributed by atoms with Crippen molar-refractivity contribution in [1.29, 1.82) is 0 Å². The SMILES string of the molecule is NC(=O)c1cc(C2CCN(C(=O)Cc3ccsc3)CC2)[nH]n1. The number of carbonyl (C=O) groups is 2. The van der Waals surface area contributed by atoms with Crippen LogP contribution in [0.1, 0.15) is 40.5 Å². The van der Waals surface area contributed by atoms with E-state index in [0.717, 1.165) is 37.2 Å². The lowest BCUT2D eigenvalue weighted by Gasteiger charge is -2.31. The molecule has 3 heterocycles. The number of H-pyrrole nitrogens is 1. The summed E-state index contributed by atoms with van der Waals surface area (Å²) in [6.07, 6.45) is 2.22. The largest absolute Gasteiger partial charge is 0.364 e. The second-order valence-electron chi connectivity index (χ2n) is 5.54. The van der Waals surface area contributed by atoms with Crippen molar-refractivity contribution in [3.63, 3.8) is 0 Å². The van der Waals surface area contributed by atoms with E-state index >= 15 is 0 Å². The Labute approximate surface area is 132 Å². The fourth-order valence-electron chi connectivity index (χ4n) is 2.79. The highest BCUT2D eigenvalue weighted by Gasteiger charge is 2.25. The van der Waals surface area contributed by atoms with Gasteiger partial charge in [-0.1, -0.05) is 0 Å². The van der Waals surface area contributed by atoms with E-state index in [1.54, 1.807) is 17.4 Å². The lowest BCUT2D eigenvalue weighted by Crippen LogP contribution is -2.38. The summed E-state index contributed by atoms with van der Waals surface area (Å²) < 4.78 is 0. The minimum absolute atomic E-state index is 0.180. The van der Waals surface area contributed by atoms with Crippen LogP contribution in [0.5, 0.6) is 0 Å². The monoisotopic (exact) mass is 318 g/mol. The molecule has 3 rings (SSSR count). The Morgan fingerprint density at radius 3 is 2.77 bits per heavy atom. The predicted octanol–water partition coefficient (Wildman–Crippen LogP) is 1.52. The van der Waals surface area contributed by atoms with Crippen molar-refractivity contribution in [2.24, 2.45) is 5.73 Å². The van der Waals surface area contributed by atoms with Crippen molar-refractivity contribution in [3.8, 4) is 0 Å². The Balaban J connectivity index is 1.55. The molecule has 7 heteroatoms. The number of thiophene rings is 1. The number of amides is 2. The number of primary amides is 1. The Hall–Kier alpha value is -2.15. The number of nitrogens with two attached hydrogens (primary N) is 1. The van der Waals surface area contributed by atoms with Crippen LogP contribution in [0.25, 0.3) is 0 Å². The maximum Gasteiger partial charge on any atom is 0.269 e. The number of aromatic amines is 1. The molecular weight excluding hydrogens is 300 g/mol. The highest BCUT2D eigenvalue weighted by molar-refractivity contribution is 7.07. The minimum Gasteiger partial charge on any atom is -0.364 e. The molecule has 6 nitrogen and oxygen atoms in total. The van der Waals surface area contributed by atoms with Crippen LogP contribution in [0, 0.1) is 0 Å². The van der Waals surface area contributed by atoms with Crippen LogP contribution in [0.15, 0.2) is 22.9 Å². The Kier molecular flexibility index (Phi) is 4.24. The summed E-state index contributed by atoms with van der Waals surface area (Å²) in [5, 5.41) is 10.8. The molecule has 0 bridgehead atoms. The van der Waals surface area contributed by atoms with Gasteiger partial charge < -0.3 is 10.6 Å². The summed E-state index contributed by atoms with van der Waals surface area (Å²) in [5.74, 6) is -0.0454. The summed E-state index contributed by atoms with van der Waals surface area (Å²) in [7, 11) is 0. The van der Waals surface area contributed by atoms with Gasteiger partial charge in [-0.25, -0.2) is 0 Å². The van der Waals surface area contributed by atoms with Gasteiger partial charge >= 0.3 is 0 Å². The third-order valence-corrected chi connectivity index (χ3v) is 4.81. The number of carbonyl (C=O) groups excluding carboxylic acids is 2. The van der Waals surface area contributed by atoms with Gasteiger partial charge in [-0.3, -0.25) is 14.7 Å². The molecule has 0 radical (unpaired) electrons. The standard InChI is InChI=1S/C15H18N4O2S/c16-15(21)13-8-12(17-18-13)11-1-4-19(5-2-11)14(20)7-10-3-6-22-9-10/h3,6,8-9,11H,1-2,4-5,7H2,(H2,16,21)(H,17,18). The van der Waals surface area contributed by atoms with Gasteiger partial charge in [-0.05, 0) is 41.3 Å². The minimum atomic E-state index is -0.522.